The van der Waals surface area contributed by atoms with Gasteiger partial charge in [-0.25, -0.2) is 9.97 Å². The van der Waals surface area contributed by atoms with E-state index in [9.17, 15) is 36.5 Å². The van der Waals surface area contributed by atoms with Crippen LogP contribution in [0.5, 0.6) is 0 Å². The fourth-order valence-corrected chi connectivity index (χ4v) is 3.08. The molecule has 0 atom stereocenters. The van der Waals surface area contributed by atoms with Gasteiger partial charge in [-0.1, -0.05) is 0 Å². The molecule has 30 heavy (non-hydrogen) atoms. The Bertz CT molecular complexity index is 1290. The molecule has 0 saturated heterocycles. The van der Waals surface area contributed by atoms with Crippen molar-refractivity contribution in [3.63, 3.8) is 0 Å². The number of nitro benzene ring substituents is 1. The molecule has 0 radical (unpaired) electrons. The van der Waals surface area contributed by atoms with E-state index in [1.165, 1.54) is 24.4 Å². The fourth-order valence-electron chi connectivity index (χ4n) is 3.08. The van der Waals surface area contributed by atoms with Gasteiger partial charge >= 0.3 is 12.4 Å². The standard InChI is InChI=1S/C18H8F6N4O2/c19-17(20,21)12-7-14(18(22,23)24)26-16-11(12)5-6-15-25-8-13(27(15)16)9-1-3-10(4-2-9)28(29)30/h1-8H. The summed E-state index contributed by atoms with van der Waals surface area (Å²) in [6.45, 7) is 0. The van der Waals surface area contributed by atoms with E-state index in [4.69, 9.17) is 0 Å². The molecule has 6 nitrogen and oxygen atoms in total. The SMILES string of the molecule is O=[N+]([O-])c1ccc(-c2cnc3ccc4c(C(F)(F)F)cc(C(F)(F)F)nc4n23)cc1. The van der Waals surface area contributed by atoms with E-state index in [2.05, 4.69) is 9.97 Å². The zero-order valence-electron chi connectivity index (χ0n) is 14.5. The second-order valence-electron chi connectivity index (χ2n) is 6.26. The van der Waals surface area contributed by atoms with Crippen LogP contribution in [-0.2, 0) is 12.4 Å². The second-order valence-corrected chi connectivity index (χ2v) is 6.26. The third-order valence-corrected chi connectivity index (χ3v) is 4.41. The maximum absolute atomic E-state index is 13.5. The molecule has 1 aromatic carbocycles. The zero-order chi connectivity index (χ0) is 21.8. The van der Waals surface area contributed by atoms with E-state index in [0.717, 1.165) is 22.6 Å². The van der Waals surface area contributed by atoms with Crippen LogP contribution in [0.15, 0.2) is 48.7 Å². The Hall–Kier alpha value is -3.70. The molecule has 3 aromatic heterocycles. The first kappa shape index (κ1) is 19.6. The quantitative estimate of drug-likeness (QED) is 0.241. The number of rotatable bonds is 2. The van der Waals surface area contributed by atoms with Gasteiger partial charge in [0.2, 0.25) is 0 Å². The van der Waals surface area contributed by atoms with Crippen LogP contribution < -0.4 is 0 Å². The molecule has 0 aliphatic carbocycles. The number of non-ortho nitro benzene ring substituents is 1. The van der Waals surface area contributed by atoms with Crippen molar-refractivity contribution in [2.75, 3.05) is 0 Å². The molecular weight excluding hydrogens is 418 g/mol. The van der Waals surface area contributed by atoms with Gasteiger partial charge in [-0.3, -0.25) is 14.5 Å². The summed E-state index contributed by atoms with van der Waals surface area (Å²) in [5, 5.41) is 10.3. The molecule has 0 aliphatic rings. The molecule has 0 N–H and O–H groups in total. The lowest BCUT2D eigenvalue weighted by molar-refractivity contribution is -0.384. The van der Waals surface area contributed by atoms with Gasteiger partial charge in [-0.05, 0) is 30.3 Å². The Morgan fingerprint density at radius 2 is 1.60 bits per heavy atom. The van der Waals surface area contributed by atoms with Crippen molar-refractivity contribution in [2.45, 2.75) is 12.4 Å². The summed E-state index contributed by atoms with van der Waals surface area (Å²) in [4.78, 5) is 17.6. The molecular formula is C18H8F6N4O2. The number of hydrogen-bond acceptors (Lipinski definition) is 4. The van der Waals surface area contributed by atoms with Gasteiger partial charge in [-0.2, -0.15) is 26.3 Å². The van der Waals surface area contributed by atoms with Gasteiger partial charge in [0.05, 0.1) is 22.4 Å². The predicted molar refractivity (Wildman–Crippen MR) is 92.6 cm³/mol. The molecule has 0 bridgehead atoms. The van der Waals surface area contributed by atoms with E-state index in [1.54, 1.807) is 0 Å². The summed E-state index contributed by atoms with van der Waals surface area (Å²) in [6, 6.07) is 7.16. The van der Waals surface area contributed by atoms with Crippen LogP contribution >= 0.6 is 0 Å². The minimum atomic E-state index is -5.11. The van der Waals surface area contributed by atoms with Gasteiger partial charge < -0.3 is 0 Å². The number of fused-ring (bicyclic) bond motifs is 3. The molecule has 0 amide bonds. The average Bonchev–Trinajstić information content (AvgIpc) is 3.10. The first-order chi connectivity index (χ1) is 14.0. The van der Waals surface area contributed by atoms with E-state index < -0.39 is 39.6 Å². The highest BCUT2D eigenvalue weighted by Crippen LogP contribution is 2.39. The van der Waals surface area contributed by atoms with Crippen LogP contribution in [0.4, 0.5) is 32.0 Å². The number of nitro groups is 1. The van der Waals surface area contributed by atoms with Crippen molar-refractivity contribution in [3.05, 3.63) is 70.0 Å². The smallest absolute Gasteiger partial charge is 0.276 e. The highest BCUT2D eigenvalue weighted by molar-refractivity contribution is 5.85. The maximum atomic E-state index is 13.5. The third-order valence-electron chi connectivity index (χ3n) is 4.41. The number of halogens is 6. The van der Waals surface area contributed by atoms with E-state index >= 15 is 0 Å². The van der Waals surface area contributed by atoms with Gasteiger partial charge in [0.25, 0.3) is 5.69 Å². The highest BCUT2D eigenvalue weighted by atomic mass is 19.4. The minimum absolute atomic E-state index is 0.0311. The molecule has 3 heterocycles. The van der Waals surface area contributed by atoms with Gasteiger partial charge in [0.15, 0.2) is 0 Å². The lowest BCUT2D eigenvalue weighted by atomic mass is 10.1. The van der Waals surface area contributed by atoms with Crippen molar-refractivity contribution in [1.82, 2.24) is 14.4 Å². The molecule has 0 fully saturated rings. The molecule has 154 valence electrons. The van der Waals surface area contributed by atoms with Crippen LogP contribution in [0.3, 0.4) is 0 Å². The van der Waals surface area contributed by atoms with Crippen LogP contribution in [0.1, 0.15) is 11.3 Å². The summed E-state index contributed by atoms with van der Waals surface area (Å²) in [7, 11) is 0. The monoisotopic (exact) mass is 426 g/mol. The molecule has 4 rings (SSSR count). The van der Waals surface area contributed by atoms with Gasteiger partial charge in [0.1, 0.15) is 17.0 Å². The fraction of sp³-hybridized carbons (Fsp3) is 0.111. The van der Waals surface area contributed by atoms with Crippen molar-refractivity contribution >= 4 is 22.4 Å². The lowest BCUT2D eigenvalue weighted by Gasteiger charge is -2.15. The highest BCUT2D eigenvalue weighted by Gasteiger charge is 2.39. The maximum Gasteiger partial charge on any atom is 0.433 e. The van der Waals surface area contributed by atoms with Crippen LogP contribution in [0.2, 0.25) is 0 Å². The predicted octanol–water partition coefficient (Wildman–Crippen LogP) is 5.50. The minimum Gasteiger partial charge on any atom is -0.276 e. The number of imidazole rings is 1. The zero-order valence-corrected chi connectivity index (χ0v) is 14.5. The summed E-state index contributed by atoms with van der Waals surface area (Å²) in [5.74, 6) is 0. The Morgan fingerprint density at radius 1 is 0.933 bits per heavy atom. The second kappa shape index (κ2) is 6.40. The number of aromatic nitrogens is 3. The van der Waals surface area contributed by atoms with E-state index in [0.29, 0.717) is 5.56 Å². The Balaban J connectivity index is 2.08. The van der Waals surface area contributed by atoms with Crippen molar-refractivity contribution in [3.8, 4) is 11.3 Å². The lowest BCUT2D eigenvalue weighted by Crippen LogP contribution is -2.14. The van der Waals surface area contributed by atoms with Crippen molar-refractivity contribution in [1.29, 1.82) is 0 Å². The number of nitrogens with zero attached hydrogens (tertiary/aromatic N) is 4. The third kappa shape index (κ3) is 3.19. The molecule has 0 aliphatic heterocycles. The van der Waals surface area contributed by atoms with Crippen LogP contribution in [0.25, 0.3) is 27.9 Å². The number of alkyl halides is 6. The molecule has 0 saturated carbocycles. The molecule has 12 heteroatoms. The normalized spacial score (nSPS) is 12.6. The topological polar surface area (TPSA) is 73.3 Å². The largest absolute Gasteiger partial charge is 0.433 e. The van der Waals surface area contributed by atoms with Crippen molar-refractivity contribution < 1.29 is 31.3 Å². The van der Waals surface area contributed by atoms with Crippen LogP contribution in [-0.4, -0.2) is 19.3 Å². The summed E-state index contributed by atoms with van der Waals surface area (Å²) >= 11 is 0. The Labute approximate surface area is 162 Å². The molecule has 4 aromatic rings. The number of pyridine rings is 2. The summed E-state index contributed by atoms with van der Waals surface area (Å²) in [6.07, 6.45) is -8.92. The Morgan fingerprint density at radius 3 is 2.17 bits per heavy atom. The summed E-state index contributed by atoms with van der Waals surface area (Å²) in [5.41, 5.74) is -3.49. The Kier molecular flexibility index (Phi) is 4.19. The number of hydrogen-bond donors (Lipinski definition) is 0. The average molecular weight is 426 g/mol. The molecule has 0 spiro atoms. The van der Waals surface area contributed by atoms with E-state index in [1.807, 2.05) is 0 Å². The van der Waals surface area contributed by atoms with Gasteiger partial charge in [0, 0.05) is 23.1 Å². The molecule has 0 unspecified atom stereocenters. The van der Waals surface area contributed by atoms with Crippen molar-refractivity contribution in [2.24, 2.45) is 0 Å². The first-order valence-electron chi connectivity index (χ1n) is 8.17. The van der Waals surface area contributed by atoms with E-state index in [-0.39, 0.29) is 23.1 Å². The summed E-state index contributed by atoms with van der Waals surface area (Å²) < 4.78 is 81.2. The number of benzene rings is 1. The van der Waals surface area contributed by atoms with Gasteiger partial charge in [-0.15, -0.1) is 0 Å². The first-order valence-corrected chi connectivity index (χ1v) is 8.17. The van der Waals surface area contributed by atoms with Crippen LogP contribution in [0, 0.1) is 10.1 Å².